The zero-order valence-corrected chi connectivity index (χ0v) is 15.4. The molecule has 0 spiro atoms. The zero-order valence-electron chi connectivity index (χ0n) is 14.7. The van der Waals surface area contributed by atoms with Crippen LogP contribution in [0.15, 0.2) is 23.3 Å². The molecule has 1 fully saturated rings. The van der Waals surface area contributed by atoms with Crippen molar-refractivity contribution in [1.82, 2.24) is 20.5 Å². The SMILES string of the molecule is CC(C)=NNc1ccc(-c2nnc(Cl)c(N3CCNCC3)n2)cc1C. The molecule has 1 aliphatic rings. The third-order valence-corrected chi connectivity index (χ3v) is 4.17. The lowest BCUT2D eigenvalue weighted by Crippen LogP contribution is -2.44. The van der Waals surface area contributed by atoms with Gasteiger partial charge in [0.15, 0.2) is 16.8 Å². The van der Waals surface area contributed by atoms with E-state index in [1.165, 1.54) is 0 Å². The number of piperazine rings is 1. The van der Waals surface area contributed by atoms with Crippen molar-refractivity contribution in [3.63, 3.8) is 0 Å². The van der Waals surface area contributed by atoms with E-state index in [-0.39, 0.29) is 0 Å². The summed E-state index contributed by atoms with van der Waals surface area (Å²) in [5.74, 6) is 1.27. The van der Waals surface area contributed by atoms with Crippen molar-refractivity contribution in [3.8, 4) is 11.4 Å². The van der Waals surface area contributed by atoms with Crippen LogP contribution in [-0.2, 0) is 0 Å². The fourth-order valence-electron chi connectivity index (χ4n) is 2.61. The Balaban J connectivity index is 1.88. The van der Waals surface area contributed by atoms with Crippen molar-refractivity contribution in [2.75, 3.05) is 36.5 Å². The number of hydrogen-bond donors (Lipinski definition) is 2. The first-order valence-corrected chi connectivity index (χ1v) is 8.66. The lowest BCUT2D eigenvalue weighted by molar-refractivity contribution is 0.583. The molecule has 7 nitrogen and oxygen atoms in total. The monoisotopic (exact) mass is 359 g/mol. The van der Waals surface area contributed by atoms with Crippen LogP contribution in [0.5, 0.6) is 0 Å². The highest BCUT2D eigenvalue weighted by molar-refractivity contribution is 6.31. The maximum atomic E-state index is 6.22. The smallest absolute Gasteiger partial charge is 0.194 e. The Bertz CT molecular complexity index is 781. The minimum atomic E-state index is 0.341. The summed E-state index contributed by atoms with van der Waals surface area (Å²) in [5, 5.41) is 16.2. The van der Waals surface area contributed by atoms with E-state index in [4.69, 9.17) is 11.6 Å². The van der Waals surface area contributed by atoms with Crippen LogP contribution in [0.4, 0.5) is 11.5 Å². The molecule has 8 heteroatoms. The second-order valence-electron chi connectivity index (χ2n) is 6.19. The molecule has 0 bridgehead atoms. The Hall–Kier alpha value is -2.25. The van der Waals surface area contributed by atoms with Crippen LogP contribution < -0.4 is 15.6 Å². The van der Waals surface area contributed by atoms with Crippen LogP contribution in [0.3, 0.4) is 0 Å². The topological polar surface area (TPSA) is 78.3 Å². The number of halogens is 1. The molecule has 0 radical (unpaired) electrons. The molecule has 2 aromatic rings. The zero-order chi connectivity index (χ0) is 17.8. The molecular formula is C17H22ClN7. The van der Waals surface area contributed by atoms with Crippen LogP contribution in [-0.4, -0.2) is 47.1 Å². The maximum Gasteiger partial charge on any atom is 0.194 e. The normalized spacial score (nSPS) is 14.3. The van der Waals surface area contributed by atoms with Gasteiger partial charge in [-0.15, -0.1) is 10.2 Å². The second-order valence-corrected chi connectivity index (χ2v) is 6.55. The Morgan fingerprint density at radius 1 is 1.24 bits per heavy atom. The minimum absolute atomic E-state index is 0.341. The van der Waals surface area contributed by atoms with E-state index < -0.39 is 0 Å². The molecule has 1 aliphatic heterocycles. The van der Waals surface area contributed by atoms with Crippen molar-refractivity contribution >= 4 is 28.8 Å². The van der Waals surface area contributed by atoms with Crippen LogP contribution in [0.25, 0.3) is 11.4 Å². The molecule has 132 valence electrons. The van der Waals surface area contributed by atoms with E-state index >= 15 is 0 Å². The summed E-state index contributed by atoms with van der Waals surface area (Å²) in [6.45, 7) is 9.44. The summed E-state index contributed by atoms with van der Waals surface area (Å²) in [6, 6.07) is 5.96. The molecule has 0 atom stereocenters. The van der Waals surface area contributed by atoms with E-state index in [1.54, 1.807) is 0 Å². The second kappa shape index (κ2) is 7.76. The molecule has 25 heavy (non-hydrogen) atoms. The number of aromatic nitrogens is 3. The average Bonchev–Trinajstić information content (AvgIpc) is 2.61. The first-order valence-electron chi connectivity index (χ1n) is 8.28. The number of benzene rings is 1. The van der Waals surface area contributed by atoms with Crippen molar-refractivity contribution in [1.29, 1.82) is 0 Å². The van der Waals surface area contributed by atoms with Gasteiger partial charge in [-0.25, -0.2) is 4.98 Å². The van der Waals surface area contributed by atoms with Gasteiger partial charge in [-0.05, 0) is 44.5 Å². The van der Waals surface area contributed by atoms with E-state index in [9.17, 15) is 0 Å². The number of hydrazone groups is 1. The molecule has 1 aromatic heterocycles. The summed E-state index contributed by atoms with van der Waals surface area (Å²) < 4.78 is 0. The fourth-order valence-corrected chi connectivity index (χ4v) is 2.80. The van der Waals surface area contributed by atoms with Gasteiger partial charge in [-0.3, -0.25) is 5.43 Å². The van der Waals surface area contributed by atoms with Crippen LogP contribution >= 0.6 is 11.6 Å². The lowest BCUT2D eigenvalue weighted by Gasteiger charge is -2.28. The third kappa shape index (κ3) is 4.24. The van der Waals surface area contributed by atoms with Crippen molar-refractivity contribution in [3.05, 3.63) is 28.9 Å². The first kappa shape index (κ1) is 17.6. The van der Waals surface area contributed by atoms with Gasteiger partial charge in [0.2, 0.25) is 0 Å². The Morgan fingerprint density at radius 3 is 2.68 bits per heavy atom. The van der Waals surface area contributed by atoms with Crippen molar-refractivity contribution in [2.24, 2.45) is 5.10 Å². The van der Waals surface area contributed by atoms with Gasteiger partial charge in [0, 0.05) is 37.5 Å². The number of nitrogens with zero attached hydrogens (tertiary/aromatic N) is 5. The van der Waals surface area contributed by atoms with Gasteiger partial charge < -0.3 is 10.2 Å². The molecule has 0 saturated carbocycles. The highest BCUT2D eigenvalue weighted by Crippen LogP contribution is 2.26. The molecule has 3 rings (SSSR count). The molecular weight excluding hydrogens is 338 g/mol. The largest absolute Gasteiger partial charge is 0.351 e. The summed E-state index contributed by atoms with van der Waals surface area (Å²) >= 11 is 6.22. The van der Waals surface area contributed by atoms with Gasteiger partial charge >= 0.3 is 0 Å². The quantitative estimate of drug-likeness (QED) is 0.645. The van der Waals surface area contributed by atoms with Gasteiger partial charge in [0.25, 0.3) is 0 Å². The Kier molecular flexibility index (Phi) is 5.45. The van der Waals surface area contributed by atoms with E-state index in [0.29, 0.717) is 16.8 Å². The number of nitrogens with one attached hydrogen (secondary N) is 2. The van der Waals surface area contributed by atoms with Crippen LogP contribution in [0.2, 0.25) is 5.15 Å². The predicted octanol–water partition coefficient (Wildman–Crippen LogP) is 2.72. The highest BCUT2D eigenvalue weighted by Gasteiger charge is 2.18. The molecule has 0 aliphatic carbocycles. The number of aryl methyl sites for hydroxylation is 1. The molecule has 0 unspecified atom stereocenters. The minimum Gasteiger partial charge on any atom is -0.351 e. The summed E-state index contributed by atoms with van der Waals surface area (Å²) in [5.41, 5.74) is 6.94. The average molecular weight is 360 g/mol. The van der Waals surface area contributed by atoms with E-state index in [1.807, 2.05) is 39.0 Å². The predicted molar refractivity (Wildman–Crippen MR) is 102 cm³/mol. The van der Waals surface area contributed by atoms with E-state index in [0.717, 1.165) is 48.7 Å². The van der Waals surface area contributed by atoms with E-state index in [2.05, 4.69) is 35.9 Å². The standard InChI is InChI=1S/C17H22ClN7/c1-11(2)21-22-14-5-4-13(10-12(14)3)16-20-17(15(18)23-24-16)25-8-6-19-7-9-25/h4-5,10,19,22H,6-9H2,1-3H3. The first-order chi connectivity index (χ1) is 12.0. The fraction of sp³-hybridized carbons (Fsp3) is 0.412. The molecule has 2 heterocycles. The third-order valence-electron chi connectivity index (χ3n) is 3.93. The molecule has 1 saturated heterocycles. The summed E-state index contributed by atoms with van der Waals surface area (Å²) in [7, 11) is 0. The highest BCUT2D eigenvalue weighted by atomic mass is 35.5. The molecule has 1 aromatic carbocycles. The number of rotatable bonds is 4. The van der Waals surface area contributed by atoms with Crippen LogP contribution in [0.1, 0.15) is 19.4 Å². The van der Waals surface area contributed by atoms with Gasteiger partial charge in [-0.2, -0.15) is 5.10 Å². The molecule has 0 amide bonds. The number of anilines is 2. The van der Waals surface area contributed by atoms with Gasteiger partial charge in [-0.1, -0.05) is 11.6 Å². The summed E-state index contributed by atoms with van der Waals surface area (Å²) in [4.78, 5) is 6.79. The number of hydrogen-bond acceptors (Lipinski definition) is 7. The Labute approximate surface area is 152 Å². The summed E-state index contributed by atoms with van der Waals surface area (Å²) in [6.07, 6.45) is 0. The van der Waals surface area contributed by atoms with Crippen LogP contribution in [0, 0.1) is 6.92 Å². The molecule has 2 N–H and O–H groups in total. The van der Waals surface area contributed by atoms with Gasteiger partial charge in [0.1, 0.15) is 0 Å². The lowest BCUT2D eigenvalue weighted by atomic mass is 10.1. The van der Waals surface area contributed by atoms with Crippen molar-refractivity contribution in [2.45, 2.75) is 20.8 Å². The maximum absolute atomic E-state index is 6.22. The van der Waals surface area contributed by atoms with Crippen molar-refractivity contribution < 1.29 is 0 Å². The Morgan fingerprint density at radius 2 is 2.00 bits per heavy atom. The van der Waals surface area contributed by atoms with Gasteiger partial charge in [0.05, 0.1) is 5.69 Å².